The van der Waals surface area contributed by atoms with Gasteiger partial charge in [-0.2, -0.15) is 4.98 Å². The molecule has 6 heteroatoms. The van der Waals surface area contributed by atoms with Gasteiger partial charge in [-0.1, -0.05) is 31.5 Å². The minimum Gasteiger partial charge on any atom is -0.431 e. The molecule has 2 amide bonds. The van der Waals surface area contributed by atoms with Crippen LogP contribution in [0.15, 0.2) is 41.0 Å². The second-order valence-corrected chi connectivity index (χ2v) is 4.47. The summed E-state index contributed by atoms with van der Waals surface area (Å²) in [6.07, 6.45) is 3.13. The van der Waals surface area contributed by atoms with E-state index >= 15 is 0 Å². The summed E-state index contributed by atoms with van der Waals surface area (Å²) in [4.78, 5) is 27.6. The van der Waals surface area contributed by atoms with E-state index in [1.165, 1.54) is 6.26 Å². The fraction of sp³-hybridized carbons (Fsp3) is 0.267. The van der Waals surface area contributed by atoms with Gasteiger partial charge in [0.05, 0.1) is 0 Å². The number of hydrogen-bond acceptors (Lipinski definition) is 4. The van der Waals surface area contributed by atoms with Crippen molar-refractivity contribution in [3.8, 4) is 0 Å². The predicted molar refractivity (Wildman–Crippen MR) is 78.1 cm³/mol. The third-order valence-electron chi connectivity index (χ3n) is 2.81. The van der Waals surface area contributed by atoms with Crippen LogP contribution in [0.2, 0.25) is 0 Å². The zero-order valence-corrected chi connectivity index (χ0v) is 11.8. The van der Waals surface area contributed by atoms with Crippen LogP contribution in [0.25, 0.3) is 0 Å². The van der Waals surface area contributed by atoms with Crippen LogP contribution >= 0.6 is 0 Å². The number of hydrogen-bond donors (Lipinski definition) is 2. The Bertz CT molecular complexity index is 608. The van der Waals surface area contributed by atoms with Crippen LogP contribution in [-0.2, 0) is 0 Å². The third kappa shape index (κ3) is 4.17. The van der Waals surface area contributed by atoms with E-state index < -0.39 is 0 Å². The highest BCUT2D eigenvalue weighted by Gasteiger charge is 2.14. The van der Waals surface area contributed by atoms with Gasteiger partial charge in [-0.3, -0.25) is 14.9 Å². The lowest BCUT2D eigenvalue weighted by molar-refractivity contribution is 0.0947. The van der Waals surface area contributed by atoms with Crippen molar-refractivity contribution < 1.29 is 14.0 Å². The highest BCUT2D eigenvalue weighted by atomic mass is 16.4. The average molecular weight is 287 g/mol. The molecule has 1 aromatic heterocycles. The lowest BCUT2D eigenvalue weighted by atomic mass is 10.2. The fourth-order valence-electron chi connectivity index (χ4n) is 1.66. The molecule has 110 valence electrons. The minimum atomic E-state index is -0.338. The third-order valence-corrected chi connectivity index (χ3v) is 2.81. The maximum atomic E-state index is 11.9. The first kappa shape index (κ1) is 14.8. The summed E-state index contributed by atoms with van der Waals surface area (Å²) < 4.78 is 5.08. The maximum Gasteiger partial charge on any atom is 0.302 e. The van der Waals surface area contributed by atoms with Crippen LogP contribution < -0.4 is 10.6 Å². The molecule has 0 aliphatic carbocycles. The Labute approximate surface area is 122 Å². The van der Waals surface area contributed by atoms with Gasteiger partial charge in [-0.15, -0.1) is 0 Å². The van der Waals surface area contributed by atoms with Gasteiger partial charge >= 0.3 is 6.01 Å². The number of aromatic nitrogens is 1. The molecule has 1 heterocycles. The second kappa shape index (κ2) is 7.23. The largest absolute Gasteiger partial charge is 0.431 e. The second-order valence-electron chi connectivity index (χ2n) is 4.47. The Balaban J connectivity index is 1.94. The molecule has 0 aliphatic rings. The molecular weight excluding hydrogens is 270 g/mol. The molecule has 2 rings (SSSR count). The van der Waals surface area contributed by atoms with Crippen molar-refractivity contribution in [1.82, 2.24) is 10.3 Å². The predicted octanol–water partition coefficient (Wildman–Crippen LogP) is 2.46. The Morgan fingerprint density at radius 2 is 1.95 bits per heavy atom. The van der Waals surface area contributed by atoms with Gasteiger partial charge in [-0.25, -0.2) is 0 Å². The van der Waals surface area contributed by atoms with Gasteiger partial charge in [0.25, 0.3) is 11.8 Å². The van der Waals surface area contributed by atoms with E-state index in [9.17, 15) is 9.59 Å². The highest BCUT2D eigenvalue weighted by Crippen LogP contribution is 2.09. The van der Waals surface area contributed by atoms with Crippen molar-refractivity contribution in [3.63, 3.8) is 0 Å². The smallest absolute Gasteiger partial charge is 0.302 e. The van der Waals surface area contributed by atoms with Gasteiger partial charge in [0.2, 0.25) is 0 Å². The van der Waals surface area contributed by atoms with Crippen molar-refractivity contribution >= 4 is 17.8 Å². The molecule has 0 saturated carbocycles. The SMILES string of the molecule is CCCCNC(=O)c1coc(NC(=O)c2ccccc2)n1. The molecule has 2 aromatic rings. The summed E-state index contributed by atoms with van der Waals surface area (Å²) in [5.74, 6) is -0.650. The van der Waals surface area contributed by atoms with Crippen molar-refractivity contribution in [2.24, 2.45) is 0 Å². The molecule has 0 spiro atoms. The maximum absolute atomic E-state index is 11.9. The van der Waals surface area contributed by atoms with Crippen LogP contribution in [-0.4, -0.2) is 23.3 Å². The molecule has 0 unspecified atom stereocenters. The summed E-state index contributed by atoms with van der Waals surface area (Å²) in [5.41, 5.74) is 0.638. The molecule has 0 saturated heterocycles. The van der Waals surface area contributed by atoms with Crippen molar-refractivity contribution in [2.75, 3.05) is 11.9 Å². The Kier molecular flexibility index (Phi) is 5.09. The number of carbonyl (C=O) groups excluding carboxylic acids is 2. The molecule has 0 bridgehead atoms. The Morgan fingerprint density at radius 1 is 1.19 bits per heavy atom. The van der Waals surface area contributed by atoms with E-state index in [0.29, 0.717) is 12.1 Å². The summed E-state index contributed by atoms with van der Waals surface area (Å²) >= 11 is 0. The molecule has 0 fully saturated rings. The Hall–Kier alpha value is -2.63. The summed E-state index contributed by atoms with van der Waals surface area (Å²) in [7, 11) is 0. The van der Waals surface area contributed by atoms with Gasteiger partial charge in [0.1, 0.15) is 6.26 Å². The van der Waals surface area contributed by atoms with Crippen LogP contribution in [0.3, 0.4) is 0 Å². The number of benzene rings is 1. The van der Waals surface area contributed by atoms with Gasteiger partial charge in [-0.05, 0) is 18.6 Å². The number of carbonyl (C=O) groups is 2. The van der Waals surface area contributed by atoms with E-state index in [-0.39, 0.29) is 23.5 Å². The van der Waals surface area contributed by atoms with Gasteiger partial charge in [0, 0.05) is 12.1 Å². The highest BCUT2D eigenvalue weighted by molar-refractivity contribution is 6.03. The first-order valence-electron chi connectivity index (χ1n) is 6.81. The number of anilines is 1. The van der Waals surface area contributed by atoms with Gasteiger partial charge < -0.3 is 9.73 Å². The van der Waals surface area contributed by atoms with Crippen molar-refractivity contribution in [3.05, 3.63) is 47.9 Å². The number of unbranched alkanes of at least 4 members (excludes halogenated alkanes) is 1. The summed E-state index contributed by atoms with van der Waals surface area (Å²) in [6.45, 7) is 2.63. The van der Waals surface area contributed by atoms with Crippen LogP contribution in [0.4, 0.5) is 6.01 Å². The lowest BCUT2D eigenvalue weighted by Crippen LogP contribution is -2.24. The quantitative estimate of drug-likeness (QED) is 0.799. The van der Waals surface area contributed by atoms with Crippen LogP contribution in [0.1, 0.15) is 40.6 Å². The van der Waals surface area contributed by atoms with E-state index in [0.717, 1.165) is 12.8 Å². The molecule has 6 nitrogen and oxygen atoms in total. The summed E-state index contributed by atoms with van der Waals surface area (Å²) in [6, 6.07) is 8.70. The number of nitrogens with zero attached hydrogens (tertiary/aromatic N) is 1. The molecule has 2 N–H and O–H groups in total. The molecular formula is C15H17N3O3. The van der Waals surface area contributed by atoms with Crippen molar-refractivity contribution in [2.45, 2.75) is 19.8 Å². The molecule has 0 aliphatic heterocycles. The van der Waals surface area contributed by atoms with Crippen LogP contribution in [0, 0.1) is 0 Å². The van der Waals surface area contributed by atoms with Crippen LogP contribution in [0.5, 0.6) is 0 Å². The number of rotatable bonds is 6. The number of amides is 2. The molecule has 0 radical (unpaired) electrons. The van der Waals surface area contributed by atoms with Crippen molar-refractivity contribution in [1.29, 1.82) is 0 Å². The first-order valence-corrected chi connectivity index (χ1v) is 6.81. The number of nitrogens with one attached hydrogen (secondary N) is 2. The lowest BCUT2D eigenvalue weighted by Gasteiger charge is -2.00. The van der Waals surface area contributed by atoms with E-state index in [4.69, 9.17) is 4.42 Å². The van der Waals surface area contributed by atoms with E-state index in [1.807, 2.05) is 13.0 Å². The normalized spacial score (nSPS) is 10.1. The first-order chi connectivity index (χ1) is 10.2. The van der Waals surface area contributed by atoms with E-state index in [2.05, 4.69) is 15.6 Å². The zero-order chi connectivity index (χ0) is 15.1. The molecule has 21 heavy (non-hydrogen) atoms. The molecule has 1 aromatic carbocycles. The summed E-state index contributed by atoms with van der Waals surface area (Å²) in [5, 5.41) is 5.23. The fourth-order valence-corrected chi connectivity index (χ4v) is 1.66. The monoisotopic (exact) mass is 287 g/mol. The number of oxazole rings is 1. The van der Waals surface area contributed by atoms with Gasteiger partial charge in [0.15, 0.2) is 5.69 Å². The standard InChI is InChI=1S/C15H17N3O3/c1-2-3-9-16-14(20)12-10-21-15(17-12)18-13(19)11-7-5-4-6-8-11/h4-8,10H,2-3,9H2,1H3,(H,16,20)(H,17,18,19). The average Bonchev–Trinajstić information content (AvgIpc) is 2.97. The Morgan fingerprint density at radius 3 is 2.67 bits per heavy atom. The zero-order valence-electron chi connectivity index (χ0n) is 11.8. The topological polar surface area (TPSA) is 84.2 Å². The van der Waals surface area contributed by atoms with E-state index in [1.54, 1.807) is 24.3 Å². The minimum absolute atomic E-state index is 0.00416. The molecule has 0 atom stereocenters.